The molecule has 1 amide bonds. The fourth-order valence-electron chi connectivity index (χ4n) is 1.63. The Bertz CT molecular complexity index is 586. The number of benzene rings is 1. The van der Waals surface area contributed by atoms with Crippen molar-refractivity contribution in [2.45, 2.75) is 24.7 Å². The molecule has 0 saturated carbocycles. The quantitative estimate of drug-likeness (QED) is 0.708. The van der Waals surface area contributed by atoms with Crippen LogP contribution in [0.4, 0.5) is 5.69 Å². The number of sulfonamides is 1. The predicted molar refractivity (Wildman–Crippen MR) is 81.6 cm³/mol. The van der Waals surface area contributed by atoms with Crippen LogP contribution in [0.5, 0.6) is 0 Å². The van der Waals surface area contributed by atoms with Gasteiger partial charge in [0.05, 0.1) is 10.6 Å². The Balaban J connectivity index is 2.81. The molecule has 8 heteroatoms. The van der Waals surface area contributed by atoms with E-state index in [1.54, 1.807) is 0 Å². The molecule has 112 valence electrons. The molecule has 0 spiro atoms. The van der Waals surface area contributed by atoms with Crippen LogP contribution in [-0.2, 0) is 14.8 Å². The molecule has 1 atom stereocenters. The number of halogens is 1. The normalized spacial score (nSPS) is 13.0. The fourth-order valence-corrected chi connectivity index (χ4v) is 2.80. The van der Waals surface area contributed by atoms with Gasteiger partial charge in [-0.2, -0.15) is 0 Å². The summed E-state index contributed by atoms with van der Waals surface area (Å²) in [4.78, 5) is 11.8. The summed E-state index contributed by atoms with van der Waals surface area (Å²) in [5.41, 5.74) is 6.05. The van der Waals surface area contributed by atoms with Crippen LogP contribution in [0.15, 0.2) is 27.6 Å². The van der Waals surface area contributed by atoms with Crippen LogP contribution >= 0.6 is 15.9 Å². The van der Waals surface area contributed by atoms with Crippen molar-refractivity contribution >= 4 is 37.5 Å². The molecule has 0 heterocycles. The van der Waals surface area contributed by atoms with Gasteiger partial charge in [-0.05, 0) is 46.6 Å². The molecule has 0 radical (unpaired) electrons. The number of hydrogen-bond acceptors (Lipinski definition) is 4. The number of primary sulfonamides is 1. The van der Waals surface area contributed by atoms with Crippen LogP contribution in [0.3, 0.4) is 0 Å². The molecule has 5 N–H and O–H groups in total. The van der Waals surface area contributed by atoms with E-state index in [0.717, 1.165) is 6.42 Å². The number of nitrogens with two attached hydrogens (primary N) is 2. The average Bonchev–Trinajstić information content (AvgIpc) is 2.37. The van der Waals surface area contributed by atoms with E-state index in [1.807, 2.05) is 6.92 Å². The van der Waals surface area contributed by atoms with Crippen molar-refractivity contribution in [2.24, 2.45) is 16.8 Å². The summed E-state index contributed by atoms with van der Waals surface area (Å²) in [5.74, 6) is -0.0242. The maximum atomic E-state index is 11.8. The minimum Gasteiger partial charge on any atom is -0.330 e. The largest absolute Gasteiger partial charge is 0.330 e. The Hall–Kier alpha value is -0.960. The van der Waals surface area contributed by atoms with Gasteiger partial charge in [-0.25, -0.2) is 13.6 Å². The molecule has 1 aromatic carbocycles. The highest BCUT2D eigenvalue weighted by atomic mass is 79.9. The summed E-state index contributed by atoms with van der Waals surface area (Å²) < 4.78 is 22.9. The third kappa shape index (κ3) is 4.86. The van der Waals surface area contributed by atoms with Gasteiger partial charge < -0.3 is 11.1 Å². The van der Waals surface area contributed by atoms with E-state index < -0.39 is 10.0 Å². The lowest BCUT2D eigenvalue weighted by Gasteiger charge is -2.13. The van der Waals surface area contributed by atoms with E-state index in [2.05, 4.69) is 21.2 Å². The van der Waals surface area contributed by atoms with Gasteiger partial charge in [0.1, 0.15) is 0 Å². The first-order valence-corrected chi connectivity index (χ1v) is 8.44. The first kappa shape index (κ1) is 17.1. The van der Waals surface area contributed by atoms with Crippen LogP contribution in [-0.4, -0.2) is 20.9 Å². The van der Waals surface area contributed by atoms with Crippen molar-refractivity contribution in [1.82, 2.24) is 0 Å². The number of amides is 1. The summed E-state index contributed by atoms with van der Waals surface area (Å²) in [6.07, 6.45) is 1.16. The Morgan fingerprint density at radius 1 is 1.45 bits per heavy atom. The molecule has 0 aromatic heterocycles. The van der Waals surface area contributed by atoms with Crippen LogP contribution in [0.2, 0.25) is 0 Å². The maximum Gasteiger partial charge on any atom is 0.238 e. The summed E-state index contributed by atoms with van der Waals surface area (Å²) in [5, 5.41) is 7.74. The van der Waals surface area contributed by atoms with E-state index in [-0.39, 0.29) is 16.7 Å². The average molecular weight is 364 g/mol. The number of nitrogens with one attached hydrogen (secondary N) is 1. The van der Waals surface area contributed by atoms with Crippen molar-refractivity contribution in [3.05, 3.63) is 22.7 Å². The molecule has 6 nitrogen and oxygen atoms in total. The molecule has 1 rings (SSSR count). The van der Waals surface area contributed by atoms with Crippen LogP contribution in [0, 0.1) is 5.92 Å². The fraction of sp³-hybridized carbons (Fsp3) is 0.417. The van der Waals surface area contributed by atoms with Crippen molar-refractivity contribution in [2.75, 3.05) is 11.9 Å². The molecule has 0 bridgehead atoms. The minimum absolute atomic E-state index is 0.0178. The van der Waals surface area contributed by atoms with Gasteiger partial charge in [0.15, 0.2) is 0 Å². The van der Waals surface area contributed by atoms with E-state index >= 15 is 0 Å². The van der Waals surface area contributed by atoms with E-state index in [9.17, 15) is 13.2 Å². The van der Waals surface area contributed by atoms with Crippen LogP contribution in [0.1, 0.15) is 19.8 Å². The van der Waals surface area contributed by atoms with Gasteiger partial charge in [0, 0.05) is 10.9 Å². The van der Waals surface area contributed by atoms with Gasteiger partial charge in [-0.3, -0.25) is 4.79 Å². The number of carbonyl (C=O) groups is 1. The van der Waals surface area contributed by atoms with Crippen molar-refractivity contribution in [3.8, 4) is 0 Å². The van der Waals surface area contributed by atoms with Gasteiger partial charge in [0.25, 0.3) is 0 Å². The van der Waals surface area contributed by atoms with Gasteiger partial charge in [-0.15, -0.1) is 0 Å². The summed E-state index contributed by atoms with van der Waals surface area (Å²) in [6, 6.07) is 4.19. The van der Waals surface area contributed by atoms with Crippen LogP contribution < -0.4 is 16.2 Å². The minimum atomic E-state index is -3.76. The number of hydrogen-bond donors (Lipinski definition) is 3. The van der Waals surface area contributed by atoms with Gasteiger partial charge in [-0.1, -0.05) is 13.3 Å². The van der Waals surface area contributed by atoms with Crippen LogP contribution in [0.25, 0.3) is 0 Å². The predicted octanol–water partition coefficient (Wildman–Crippen LogP) is 1.41. The molecule has 1 unspecified atom stereocenters. The highest BCUT2D eigenvalue weighted by molar-refractivity contribution is 9.10. The second-order valence-electron chi connectivity index (χ2n) is 4.45. The molecule has 1 aromatic rings. The topological polar surface area (TPSA) is 115 Å². The lowest BCUT2D eigenvalue weighted by molar-refractivity contribution is -0.117. The SMILES string of the molecule is CCC(CN)CC(=O)Nc1ccc(S(N)(=O)=O)cc1Br. The Labute approximate surface area is 127 Å². The van der Waals surface area contributed by atoms with Crippen molar-refractivity contribution in [1.29, 1.82) is 0 Å². The molecule has 0 fully saturated rings. The van der Waals surface area contributed by atoms with E-state index in [4.69, 9.17) is 10.9 Å². The molecule has 0 saturated heterocycles. The van der Waals surface area contributed by atoms with Crippen molar-refractivity contribution < 1.29 is 13.2 Å². The first-order chi connectivity index (χ1) is 9.27. The Morgan fingerprint density at radius 2 is 2.10 bits per heavy atom. The summed E-state index contributed by atoms with van der Waals surface area (Å²) in [7, 11) is -3.76. The highest BCUT2D eigenvalue weighted by Crippen LogP contribution is 2.25. The van der Waals surface area contributed by atoms with Gasteiger partial charge in [0.2, 0.25) is 15.9 Å². The Kier molecular flexibility index (Phi) is 6.12. The molecule has 20 heavy (non-hydrogen) atoms. The lowest BCUT2D eigenvalue weighted by Crippen LogP contribution is -2.22. The summed E-state index contributed by atoms with van der Waals surface area (Å²) >= 11 is 3.21. The smallest absolute Gasteiger partial charge is 0.238 e. The van der Waals surface area contributed by atoms with Gasteiger partial charge >= 0.3 is 0 Å². The molecular weight excluding hydrogens is 346 g/mol. The number of anilines is 1. The molecule has 0 aliphatic rings. The second kappa shape index (κ2) is 7.16. The maximum absolute atomic E-state index is 11.8. The van der Waals surface area contributed by atoms with E-state index in [0.29, 0.717) is 23.1 Å². The first-order valence-electron chi connectivity index (χ1n) is 6.10. The third-order valence-electron chi connectivity index (χ3n) is 2.93. The number of rotatable bonds is 6. The number of carbonyl (C=O) groups excluding carboxylic acids is 1. The zero-order valence-electron chi connectivity index (χ0n) is 11.1. The monoisotopic (exact) mass is 363 g/mol. The summed E-state index contributed by atoms with van der Waals surface area (Å²) in [6.45, 7) is 2.43. The third-order valence-corrected chi connectivity index (χ3v) is 4.50. The molecular formula is C12H18BrN3O3S. The second-order valence-corrected chi connectivity index (χ2v) is 6.86. The molecule has 0 aliphatic heterocycles. The standard InChI is InChI=1S/C12H18BrN3O3S/c1-2-8(7-14)5-12(17)16-11-4-3-9(6-10(11)13)20(15,18)19/h3-4,6,8H,2,5,7,14H2,1H3,(H,16,17)(H2,15,18,19). The zero-order chi connectivity index (χ0) is 15.3. The molecule has 0 aliphatic carbocycles. The zero-order valence-corrected chi connectivity index (χ0v) is 13.5. The van der Waals surface area contributed by atoms with Crippen molar-refractivity contribution in [3.63, 3.8) is 0 Å². The van der Waals surface area contributed by atoms with E-state index in [1.165, 1.54) is 18.2 Å². The highest BCUT2D eigenvalue weighted by Gasteiger charge is 2.14. The Morgan fingerprint density at radius 3 is 2.55 bits per heavy atom. The lowest BCUT2D eigenvalue weighted by atomic mass is 10.0.